The Balaban J connectivity index is 0.00000338. The number of aliphatic hydroxyl groups is 6. The topological polar surface area (TPSA) is 224 Å². The second kappa shape index (κ2) is 9.18. The number of carbonyl (C=O) groups is 2. The summed E-state index contributed by atoms with van der Waals surface area (Å²) < 4.78 is 14.4. The van der Waals surface area contributed by atoms with Crippen LogP contribution < -0.4 is 29.6 Å². The first-order valence-corrected chi connectivity index (χ1v) is 7.06. The van der Waals surface area contributed by atoms with Crippen LogP contribution >= 0.6 is 0 Å². The van der Waals surface area contributed by atoms with Crippen molar-refractivity contribution in [3.05, 3.63) is 0 Å². The van der Waals surface area contributed by atoms with Crippen molar-refractivity contribution in [2.75, 3.05) is 0 Å². The molecule has 0 aromatic carbocycles. The van der Waals surface area contributed by atoms with Crippen LogP contribution in [0.3, 0.4) is 0 Å². The van der Waals surface area contributed by atoms with E-state index in [9.17, 15) is 40.2 Å². The molecule has 0 saturated carbocycles. The molecule has 2 aliphatic rings. The summed E-state index contributed by atoms with van der Waals surface area (Å²) in [6.45, 7) is 0. The van der Waals surface area contributed by atoms with Crippen LogP contribution in [-0.4, -0.2) is 114 Å². The van der Waals surface area contributed by atoms with Crippen LogP contribution in [0.5, 0.6) is 0 Å². The smallest absolute Gasteiger partial charge is 0.479 e. The third-order valence-electron chi connectivity index (χ3n) is 3.91. The number of carboxylic acids is 2. The molecule has 2 aliphatic heterocycles. The standard InChI is InChI=1S/C12H18O13.Na/c13-1-2(14)7(9(18)19)25-12(5(1)17)24-6-3(15)4(16)11(22)23-8(6)10(20)21;/h1-8,11-17,22H,(H,18,19)(H,20,21);/q;+1/t1-,2-,3+,4+,5+,6-,7-,8-,11+,12-;/m0./s1. The zero-order valence-corrected chi connectivity index (χ0v) is 15.4. The monoisotopic (exact) mass is 393 g/mol. The predicted octanol–water partition coefficient (Wildman–Crippen LogP) is -8.21. The minimum absolute atomic E-state index is 0. The fourth-order valence-electron chi connectivity index (χ4n) is 2.52. The number of aliphatic carboxylic acids is 2. The maximum atomic E-state index is 11.2. The molecule has 144 valence electrons. The quantitative estimate of drug-likeness (QED) is 0.208. The molecule has 26 heavy (non-hydrogen) atoms. The Kier molecular flexibility index (Phi) is 8.34. The minimum atomic E-state index is -2.03. The van der Waals surface area contributed by atoms with Gasteiger partial charge in [0.2, 0.25) is 0 Å². The molecule has 0 radical (unpaired) electrons. The summed E-state index contributed by atoms with van der Waals surface area (Å²) in [5, 5.41) is 75.9. The van der Waals surface area contributed by atoms with Crippen molar-refractivity contribution in [2.45, 2.75) is 61.4 Å². The zero-order valence-electron chi connectivity index (χ0n) is 13.4. The number of carboxylic acid groups (broad SMARTS) is 2. The van der Waals surface area contributed by atoms with Gasteiger partial charge in [-0.3, -0.25) is 0 Å². The first-order valence-electron chi connectivity index (χ1n) is 7.06. The molecule has 2 fully saturated rings. The molecule has 13 nitrogen and oxygen atoms in total. The average molecular weight is 393 g/mol. The molecule has 14 heteroatoms. The number of hydrogen-bond donors (Lipinski definition) is 8. The SMILES string of the molecule is O=C(O)[C@H]1O[C@H](O[C@H]2[C@H](O)[C@@H](O)[C@H](O)O[C@@H]2C(=O)O)[C@H](O)[C@@H](O)[C@@H]1O.[Na+]. The van der Waals surface area contributed by atoms with Crippen LogP contribution in [-0.2, 0) is 23.8 Å². The maximum absolute atomic E-state index is 11.2. The van der Waals surface area contributed by atoms with E-state index in [0.717, 1.165) is 0 Å². The molecule has 0 amide bonds. The van der Waals surface area contributed by atoms with Crippen LogP contribution in [0.2, 0.25) is 0 Å². The van der Waals surface area contributed by atoms with Crippen LogP contribution in [0.15, 0.2) is 0 Å². The molecular weight excluding hydrogens is 375 g/mol. The second-order valence-corrected chi connectivity index (χ2v) is 5.60. The number of aliphatic hydroxyl groups excluding tert-OH is 6. The molecule has 8 N–H and O–H groups in total. The Bertz CT molecular complexity index is 517. The molecule has 10 atom stereocenters. The van der Waals surface area contributed by atoms with Crippen molar-refractivity contribution < 1.29 is 94.2 Å². The van der Waals surface area contributed by atoms with Crippen molar-refractivity contribution >= 4 is 11.9 Å². The number of rotatable bonds is 4. The fourth-order valence-corrected chi connectivity index (χ4v) is 2.52. The van der Waals surface area contributed by atoms with E-state index in [0.29, 0.717) is 0 Å². The largest absolute Gasteiger partial charge is 1.00 e. The zero-order chi connectivity index (χ0) is 19.0. The van der Waals surface area contributed by atoms with Gasteiger partial charge < -0.3 is 55.1 Å². The van der Waals surface area contributed by atoms with E-state index in [1.807, 2.05) is 0 Å². The van der Waals surface area contributed by atoms with Crippen LogP contribution in [0.25, 0.3) is 0 Å². The van der Waals surface area contributed by atoms with Gasteiger partial charge in [-0.1, -0.05) is 0 Å². The van der Waals surface area contributed by atoms with E-state index >= 15 is 0 Å². The van der Waals surface area contributed by atoms with Crippen LogP contribution in [0.1, 0.15) is 0 Å². The van der Waals surface area contributed by atoms with Gasteiger partial charge >= 0.3 is 41.5 Å². The Morgan fingerprint density at radius 3 is 1.73 bits per heavy atom. The van der Waals surface area contributed by atoms with Crippen LogP contribution in [0.4, 0.5) is 0 Å². The summed E-state index contributed by atoms with van der Waals surface area (Å²) in [6, 6.07) is 0. The van der Waals surface area contributed by atoms with E-state index in [1.165, 1.54) is 0 Å². The van der Waals surface area contributed by atoms with Crippen molar-refractivity contribution in [3.8, 4) is 0 Å². The molecule has 2 saturated heterocycles. The van der Waals surface area contributed by atoms with Crippen molar-refractivity contribution in [1.82, 2.24) is 0 Å². The summed E-state index contributed by atoms with van der Waals surface area (Å²) in [5.41, 5.74) is 0. The number of ether oxygens (including phenoxy) is 3. The second-order valence-electron chi connectivity index (χ2n) is 5.60. The van der Waals surface area contributed by atoms with E-state index in [4.69, 9.17) is 19.7 Å². The van der Waals surface area contributed by atoms with Gasteiger partial charge in [-0.15, -0.1) is 0 Å². The van der Waals surface area contributed by atoms with Gasteiger partial charge in [0, 0.05) is 0 Å². The summed E-state index contributed by atoms with van der Waals surface area (Å²) >= 11 is 0. The van der Waals surface area contributed by atoms with Gasteiger partial charge in [-0.2, -0.15) is 0 Å². The van der Waals surface area contributed by atoms with Gasteiger partial charge in [-0.05, 0) is 0 Å². The van der Waals surface area contributed by atoms with E-state index < -0.39 is 73.4 Å². The normalized spacial score (nSPS) is 46.2. The average Bonchev–Trinajstić information content (AvgIpc) is 2.54. The summed E-state index contributed by atoms with van der Waals surface area (Å²) in [6.07, 6.45) is -19.9. The van der Waals surface area contributed by atoms with E-state index in [-0.39, 0.29) is 29.6 Å². The predicted molar refractivity (Wildman–Crippen MR) is 69.7 cm³/mol. The van der Waals surface area contributed by atoms with Gasteiger partial charge in [0.05, 0.1) is 0 Å². The molecule has 0 aromatic rings. The maximum Gasteiger partial charge on any atom is 1.00 e. The van der Waals surface area contributed by atoms with Crippen molar-refractivity contribution in [2.24, 2.45) is 0 Å². The summed E-state index contributed by atoms with van der Waals surface area (Å²) in [7, 11) is 0. The van der Waals surface area contributed by atoms with E-state index in [1.54, 1.807) is 0 Å². The van der Waals surface area contributed by atoms with Crippen molar-refractivity contribution in [1.29, 1.82) is 0 Å². The third kappa shape index (κ3) is 4.52. The third-order valence-corrected chi connectivity index (χ3v) is 3.91. The van der Waals surface area contributed by atoms with Crippen LogP contribution in [0, 0.1) is 0 Å². The fraction of sp³-hybridized carbons (Fsp3) is 0.833. The summed E-state index contributed by atoms with van der Waals surface area (Å²) in [5.74, 6) is -3.39. The Labute approximate surface area is 167 Å². The minimum Gasteiger partial charge on any atom is -0.479 e. The van der Waals surface area contributed by atoms with Gasteiger partial charge in [0.1, 0.15) is 36.6 Å². The summed E-state index contributed by atoms with van der Waals surface area (Å²) in [4.78, 5) is 22.2. The molecular formula is C12H18NaO13+. The van der Waals surface area contributed by atoms with Crippen molar-refractivity contribution in [3.63, 3.8) is 0 Å². The van der Waals surface area contributed by atoms with Gasteiger partial charge in [0.25, 0.3) is 0 Å². The molecule has 0 bridgehead atoms. The Morgan fingerprint density at radius 2 is 1.23 bits per heavy atom. The molecule has 2 rings (SSSR count). The first kappa shape index (κ1) is 23.6. The Morgan fingerprint density at radius 1 is 0.692 bits per heavy atom. The van der Waals surface area contributed by atoms with E-state index in [2.05, 4.69) is 4.74 Å². The van der Waals surface area contributed by atoms with Gasteiger partial charge in [-0.25, -0.2) is 9.59 Å². The number of hydrogen-bond acceptors (Lipinski definition) is 11. The van der Waals surface area contributed by atoms with Gasteiger partial charge in [0.15, 0.2) is 24.8 Å². The first-order chi connectivity index (χ1) is 11.6. The molecule has 0 spiro atoms. The molecule has 2 heterocycles. The molecule has 0 aliphatic carbocycles. The molecule has 0 aromatic heterocycles. The Hall–Kier alpha value is -0.420. The molecule has 0 unspecified atom stereocenters.